The molecule has 0 aliphatic heterocycles. The minimum absolute atomic E-state index is 0.546. The minimum Gasteiger partial charge on any atom is -0.456 e. The van der Waals surface area contributed by atoms with Crippen molar-refractivity contribution in [3.05, 3.63) is 237 Å². The lowest BCUT2D eigenvalue weighted by molar-refractivity contribution is 0.669. The van der Waals surface area contributed by atoms with Gasteiger partial charge < -0.3 is 13.6 Å². The van der Waals surface area contributed by atoms with E-state index in [0.717, 1.165) is 110 Å². The summed E-state index contributed by atoms with van der Waals surface area (Å²) in [6.45, 7) is 0. The molecule has 0 N–H and O–H groups in total. The Morgan fingerprint density at radius 3 is 1.76 bits per heavy atom. The maximum absolute atomic E-state index is 6.73. The zero-order valence-electron chi connectivity index (χ0n) is 38.2. The third-order valence-corrected chi connectivity index (χ3v) is 14.3. The first-order chi connectivity index (χ1) is 35.2. The Labute approximate surface area is 407 Å². The van der Waals surface area contributed by atoms with Crippen LogP contribution in [0.3, 0.4) is 0 Å². The highest BCUT2D eigenvalue weighted by Gasteiger charge is 2.26. The second kappa shape index (κ2) is 15.4. The lowest BCUT2D eigenvalue weighted by atomic mass is 10.0. The molecule has 0 saturated heterocycles. The first kappa shape index (κ1) is 39.4. The van der Waals surface area contributed by atoms with Gasteiger partial charge in [-0.15, -0.1) is 0 Å². The van der Waals surface area contributed by atoms with Crippen LogP contribution < -0.4 is 0 Å². The fourth-order valence-electron chi connectivity index (χ4n) is 11.1. The number of furan rings is 1. The first-order valence-electron chi connectivity index (χ1n) is 24.0. The molecule has 6 heteroatoms. The fourth-order valence-corrected chi connectivity index (χ4v) is 11.1. The van der Waals surface area contributed by atoms with Crippen molar-refractivity contribution in [2.45, 2.75) is 0 Å². The zero-order chi connectivity index (χ0) is 46.6. The minimum atomic E-state index is 0.546. The summed E-state index contributed by atoms with van der Waals surface area (Å²) in [5.74, 6) is 1.69. The van der Waals surface area contributed by atoms with Crippen LogP contribution in [0.2, 0.25) is 0 Å². The van der Waals surface area contributed by atoms with Crippen molar-refractivity contribution in [3.8, 4) is 56.7 Å². The van der Waals surface area contributed by atoms with Crippen LogP contribution in [-0.2, 0) is 0 Å². The quantitative estimate of drug-likeness (QED) is 0.167. The molecule has 4 heterocycles. The summed E-state index contributed by atoms with van der Waals surface area (Å²) in [6.07, 6.45) is 0. The molecule has 0 atom stereocenters. The van der Waals surface area contributed by atoms with E-state index in [0.29, 0.717) is 17.5 Å². The predicted molar refractivity (Wildman–Crippen MR) is 293 cm³/mol. The summed E-state index contributed by atoms with van der Waals surface area (Å²) < 4.78 is 11.5. The molecule has 6 nitrogen and oxygen atoms in total. The van der Waals surface area contributed by atoms with Gasteiger partial charge in [0.2, 0.25) is 0 Å². The average Bonchev–Trinajstić information content (AvgIpc) is 4.10. The molecule has 0 aliphatic rings. The standard InChI is InChI=1S/C65H39N5O/c1-3-16-40(17-4-1)42-21-15-22-45(36-42)63-66-64(46-31-33-55-52(38-46)49-26-11-13-28-54(49)69(55)47-23-5-2-6-24-47)68-65(67-63)61-56(34-35-59-60(61)51-27-12-14-29-58(51)71-59)70-57-39-44-20-8-7-19-43(44)37-53(57)50-32-30-41-18-9-10-25-48(41)62(50)70/h1-39H. The highest BCUT2D eigenvalue weighted by atomic mass is 16.3. The Morgan fingerprint density at radius 2 is 0.930 bits per heavy atom. The molecule has 0 fully saturated rings. The number of benzene rings is 11. The second-order valence-corrected chi connectivity index (χ2v) is 18.3. The van der Waals surface area contributed by atoms with Gasteiger partial charge in [-0.2, -0.15) is 0 Å². The van der Waals surface area contributed by atoms with Gasteiger partial charge >= 0.3 is 0 Å². The van der Waals surface area contributed by atoms with Crippen molar-refractivity contribution in [3.63, 3.8) is 0 Å². The van der Waals surface area contributed by atoms with Crippen LogP contribution in [0.25, 0.3) is 144 Å². The Hall–Kier alpha value is -9.65. The molecule has 0 saturated carbocycles. The highest BCUT2D eigenvalue weighted by Crippen LogP contribution is 2.45. The Bertz CT molecular complexity index is 4640. The summed E-state index contributed by atoms with van der Waals surface area (Å²) in [6, 6.07) is 83.9. The van der Waals surface area contributed by atoms with Gasteiger partial charge in [-0.1, -0.05) is 164 Å². The summed E-state index contributed by atoms with van der Waals surface area (Å²) in [5.41, 5.74) is 12.9. The smallest absolute Gasteiger partial charge is 0.166 e. The van der Waals surface area contributed by atoms with Gasteiger partial charge in [0.05, 0.1) is 33.3 Å². The number of nitrogens with zero attached hydrogens (tertiary/aromatic N) is 5. The van der Waals surface area contributed by atoms with Crippen molar-refractivity contribution in [1.82, 2.24) is 24.1 Å². The van der Waals surface area contributed by atoms with Gasteiger partial charge in [-0.05, 0) is 100 Å². The molecule has 0 radical (unpaired) electrons. The van der Waals surface area contributed by atoms with E-state index >= 15 is 0 Å². The molecule has 15 rings (SSSR count). The van der Waals surface area contributed by atoms with E-state index in [4.69, 9.17) is 19.4 Å². The molecule has 0 aliphatic carbocycles. The van der Waals surface area contributed by atoms with Crippen LogP contribution in [0, 0.1) is 0 Å². The maximum Gasteiger partial charge on any atom is 0.166 e. The zero-order valence-corrected chi connectivity index (χ0v) is 38.2. The van der Waals surface area contributed by atoms with Crippen LogP contribution in [0.15, 0.2) is 241 Å². The van der Waals surface area contributed by atoms with Crippen molar-refractivity contribution >= 4 is 87.1 Å². The van der Waals surface area contributed by atoms with E-state index in [2.05, 4.69) is 228 Å². The van der Waals surface area contributed by atoms with Crippen LogP contribution in [-0.4, -0.2) is 24.1 Å². The van der Waals surface area contributed by atoms with Crippen molar-refractivity contribution in [2.24, 2.45) is 0 Å². The van der Waals surface area contributed by atoms with Crippen LogP contribution in [0.1, 0.15) is 0 Å². The number of rotatable bonds is 6. The molecular weight excluding hydrogens is 867 g/mol. The molecule has 15 aromatic rings. The second-order valence-electron chi connectivity index (χ2n) is 18.3. The molecule has 0 unspecified atom stereocenters. The van der Waals surface area contributed by atoms with E-state index in [9.17, 15) is 0 Å². The number of fused-ring (bicyclic) bond motifs is 12. The van der Waals surface area contributed by atoms with Gasteiger partial charge in [0.25, 0.3) is 0 Å². The van der Waals surface area contributed by atoms with Gasteiger partial charge in [0.15, 0.2) is 17.5 Å². The number of hydrogen-bond donors (Lipinski definition) is 0. The number of para-hydroxylation sites is 3. The predicted octanol–water partition coefficient (Wildman–Crippen LogP) is 16.9. The average molecular weight is 906 g/mol. The molecule has 0 bridgehead atoms. The topological polar surface area (TPSA) is 61.7 Å². The highest BCUT2D eigenvalue weighted by molar-refractivity contribution is 6.22. The monoisotopic (exact) mass is 905 g/mol. The van der Waals surface area contributed by atoms with E-state index in [-0.39, 0.29) is 0 Å². The Morgan fingerprint density at radius 1 is 0.310 bits per heavy atom. The Balaban J connectivity index is 1.07. The lowest BCUT2D eigenvalue weighted by Crippen LogP contribution is -2.04. The van der Waals surface area contributed by atoms with Gasteiger partial charge in [-0.25, -0.2) is 15.0 Å². The van der Waals surface area contributed by atoms with Crippen molar-refractivity contribution in [2.75, 3.05) is 0 Å². The van der Waals surface area contributed by atoms with E-state index in [1.807, 2.05) is 18.2 Å². The molecule has 0 spiro atoms. The van der Waals surface area contributed by atoms with Crippen molar-refractivity contribution in [1.29, 1.82) is 0 Å². The third kappa shape index (κ3) is 6.11. The summed E-state index contributed by atoms with van der Waals surface area (Å²) in [5, 5.41) is 11.2. The lowest BCUT2D eigenvalue weighted by Gasteiger charge is -2.17. The van der Waals surface area contributed by atoms with Gasteiger partial charge in [0.1, 0.15) is 11.2 Å². The summed E-state index contributed by atoms with van der Waals surface area (Å²) in [4.78, 5) is 16.6. The summed E-state index contributed by atoms with van der Waals surface area (Å²) in [7, 11) is 0. The Kier molecular flexibility index (Phi) is 8.56. The molecular formula is C65H39N5O. The fraction of sp³-hybridized carbons (Fsp3) is 0. The van der Waals surface area contributed by atoms with Crippen LogP contribution >= 0.6 is 0 Å². The third-order valence-electron chi connectivity index (χ3n) is 14.3. The largest absolute Gasteiger partial charge is 0.456 e. The number of hydrogen-bond acceptors (Lipinski definition) is 4. The summed E-state index contributed by atoms with van der Waals surface area (Å²) >= 11 is 0. The SMILES string of the molecule is c1ccc(-c2cccc(-c3nc(-c4ccc5c(c4)c4ccccc4n5-c4ccccc4)nc(-c4c(-n5c6cc7ccccc7cc6c6ccc7ccccc7c65)ccc5oc6ccccc6c45)n3)c2)cc1. The van der Waals surface area contributed by atoms with Gasteiger partial charge in [-0.3, -0.25) is 0 Å². The van der Waals surface area contributed by atoms with Crippen molar-refractivity contribution < 1.29 is 4.42 Å². The molecule has 71 heavy (non-hydrogen) atoms. The van der Waals surface area contributed by atoms with Crippen LogP contribution in [0.4, 0.5) is 0 Å². The molecule has 11 aromatic carbocycles. The molecule has 330 valence electrons. The van der Waals surface area contributed by atoms with Crippen LogP contribution in [0.5, 0.6) is 0 Å². The van der Waals surface area contributed by atoms with E-state index in [1.54, 1.807) is 0 Å². The molecule has 0 amide bonds. The number of aromatic nitrogens is 5. The van der Waals surface area contributed by atoms with E-state index < -0.39 is 0 Å². The maximum atomic E-state index is 6.73. The first-order valence-corrected chi connectivity index (χ1v) is 24.0. The molecule has 4 aromatic heterocycles. The normalized spacial score (nSPS) is 11.9. The van der Waals surface area contributed by atoms with E-state index in [1.165, 1.54) is 16.2 Å². The van der Waals surface area contributed by atoms with Gasteiger partial charge in [0, 0.05) is 54.5 Å².